The highest BCUT2D eigenvalue weighted by molar-refractivity contribution is 6.06. The number of nitrogens with zero attached hydrogens (tertiary/aromatic N) is 1. The van der Waals surface area contributed by atoms with Crippen molar-refractivity contribution in [1.29, 1.82) is 0 Å². The maximum absolute atomic E-state index is 6.16. The molecule has 0 aliphatic heterocycles. The van der Waals surface area contributed by atoms with Gasteiger partial charge in [0.05, 0.1) is 5.69 Å². The van der Waals surface area contributed by atoms with E-state index in [-0.39, 0.29) is 5.41 Å². The maximum Gasteiger partial charge on any atom is 0.135 e. The van der Waals surface area contributed by atoms with E-state index in [0.717, 1.165) is 51.3 Å². The second kappa shape index (κ2) is 11.6. The summed E-state index contributed by atoms with van der Waals surface area (Å²) in [5.41, 5.74) is 16.5. The van der Waals surface area contributed by atoms with Crippen molar-refractivity contribution in [2.24, 2.45) is 23.7 Å². The van der Waals surface area contributed by atoms with Crippen LogP contribution in [0.15, 0.2) is 168 Å². The summed E-state index contributed by atoms with van der Waals surface area (Å²) in [6.07, 6.45) is 7.01. The molecule has 13 rings (SSSR count). The molecular formula is C52H41NO. The van der Waals surface area contributed by atoms with Crippen molar-refractivity contribution in [1.82, 2.24) is 0 Å². The Morgan fingerprint density at radius 2 is 1.02 bits per heavy atom. The maximum atomic E-state index is 6.16. The smallest absolute Gasteiger partial charge is 0.135 e. The van der Waals surface area contributed by atoms with Crippen LogP contribution in [0.5, 0.6) is 0 Å². The predicted octanol–water partition coefficient (Wildman–Crippen LogP) is 14.1. The summed E-state index contributed by atoms with van der Waals surface area (Å²) in [7, 11) is 0. The van der Waals surface area contributed by atoms with E-state index in [0.29, 0.717) is 0 Å². The molecule has 0 unspecified atom stereocenters. The molecule has 4 fully saturated rings. The van der Waals surface area contributed by atoms with Gasteiger partial charge in [-0.25, -0.2) is 0 Å². The number of hydrogen-bond acceptors (Lipinski definition) is 2. The molecule has 0 amide bonds. The van der Waals surface area contributed by atoms with Crippen LogP contribution in [0.1, 0.15) is 43.2 Å². The van der Waals surface area contributed by atoms with Crippen LogP contribution in [0.3, 0.4) is 0 Å². The summed E-state index contributed by atoms with van der Waals surface area (Å²) in [6.45, 7) is 0. The Hall–Kier alpha value is -5.86. The Morgan fingerprint density at radius 1 is 0.444 bits per heavy atom. The molecule has 8 aromatic rings. The van der Waals surface area contributed by atoms with E-state index in [4.69, 9.17) is 4.42 Å². The Bertz CT molecular complexity index is 2690. The summed E-state index contributed by atoms with van der Waals surface area (Å²) < 4.78 is 6.16. The van der Waals surface area contributed by atoms with E-state index in [1.54, 1.807) is 11.1 Å². The minimum atomic E-state index is 0.123. The molecule has 0 N–H and O–H groups in total. The van der Waals surface area contributed by atoms with Gasteiger partial charge in [0.15, 0.2) is 0 Å². The number of rotatable bonds is 5. The fourth-order valence-electron chi connectivity index (χ4n) is 11.9. The topological polar surface area (TPSA) is 16.4 Å². The van der Waals surface area contributed by atoms with Crippen LogP contribution in [-0.4, -0.2) is 0 Å². The molecule has 0 saturated heterocycles. The van der Waals surface area contributed by atoms with Crippen molar-refractivity contribution in [3.8, 4) is 33.4 Å². The fraction of sp³-hybridized carbons (Fsp3) is 0.192. The average Bonchev–Trinajstić information content (AvgIpc) is 3.75. The normalized spacial score (nSPS) is 23.3. The number of hydrogen-bond donors (Lipinski definition) is 0. The van der Waals surface area contributed by atoms with Crippen LogP contribution in [0, 0.1) is 23.7 Å². The Morgan fingerprint density at radius 3 is 1.76 bits per heavy atom. The van der Waals surface area contributed by atoms with Gasteiger partial charge in [-0.2, -0.15) is 0 Å². The molecule has 4 saturated carbocycles. The van der Waals surface area contributed by atoms with E-state index in [1.165, 1.54) is 76.9 Å². The van der Waals surface area contributed by atoms with Crippen molar-refractivity contribution in [3.63, 3.8) is 0 Å². The molecule has 5 aliphatic carbocycles. The Kier molecular flexibility index (Phi) is 6.55. The van der Waals surface area contributed by atoms with Crippen molar-refractivity contribution in [2.75, 3.05) is 4.90 Å². The van der Waals surface area contributed by atoms with Gasteiger partial charge >= 0.3 is 0 Å². The van der Waals surface area contributed by atoms with Gasteiger partial charge in [-0.1, -0.05) is 115 Å². The monoisotopic (exact) mass is 695 g/mol. The van der Waals surface area contributed by atoms with E-state index in [9.17, 15) is 0 Å². The minimum absolute atomic E-state index is 0.123. The zero-order valence-corrected chi connectivity index (χ0v) is 30.3. The van der Waals surface area contributed by atoms with E-state index in [2.05, 4.69) is 157 Å². The van der Waals surface area contributed by atoms with Crippen LogP contribution in [0.4, 0.5) is 17.1 Å². The first-order chi connectivity index (χ1) is 26.7. The zero-order chi connectivity index (χ0) is 35.4. The molecule has 0 radical (unpaired) electrons. The highest BCUT2D eigenvalue weighted by Crippen LogP contribution is 2.70. The van der Waals surface area contributed by atoms with Crippen LogP contribution in [0.2, 0.25) is 0 Å². The fourth-order valence-corrected chi connectivity index (χ4v) is 11.9. The average molecular weight is 696 g/mol. The van der Waals surface area contributed by atoms with Crippen molar-refractivity contribution < 1.29 is 4.42 Å². The Balaban J connectivity index is 1.02. The lowest BCUT2D eigenvalue weighted by molar-refractivity contribution is -0.0399. The summed E-state index contributed by atoms with van der Waals surface area (Å²) in [5, 5.41) is 2.32. The summed E-state index contributed by atoms with van der Waals surface area (Å²) >= 11 is 0. The molecule has 4 bridgehead atoms. The third-order valence-corrected chi connectivity index (χ3v) is 13.9. The van der Waals surface area contributed by atoms with Crippen molar-refractivity contribution in [3.05, 3.63) is 175 Å². The lowest BCUT2D eigenvalue weighted by Gasteiger charge is -2.61. The van der Waals surface area contributed by atoms with Crippen LogP contribution >= 0.6 is 0 Å². The first-order valence-corrected chi connectivity index (χ1v) is 19.9. The molecule has 0 atom stereocenters. The number of benzene rings is 7. The van der Waals surface area contributed by atoms with Gasteiger partial charge in [0.25, 0.3) is 0 Å². The SMILES string of the molecule is c1ccc(-c2ccc(N(c3ccc(-c4ccc5oc6ccccc6c5c4)cc3)c3cccc4c3-c3ccccc3C43C4CC5CC(C4)CC3C5)cc2)cc1. The highest BCUT2D eigenvalue weighted by atomic mass is 16.3. The molecule has 2 nitrogen and oxygen atoms in total. The molecule has 2 heteroatoms. The van der Waals surface area contributed by atoms with Gasteiger partial charge in [-0.3, -0.25) is 0 Å². The largest absolute Gasteiger partial charge is 0.456 e. The van der Waals surface area contributed by atoms with Gasteiger partial charge < -0.3 is 9.32 Å². The van der Waals surface area contributed by atoms with Crippen LogP contribution < -0.4 is 4.90 Å². The lowest BCUT2D eigenvalue weighted by Crippen LogP contribution is -2.55. The quantitative estimate of drug-likeness (QED) is 0.178. The zero-order valence-electron chi connectivity index (χ0n) is 30.3. The summed E-state index contributed by atoms with van der Waals surface area (Å²) in [5.74, 6) is 3.30. The Labute approximate surface area is 316 Å². The first-order valence-electron chi connectivity index (χ1n) is 19.9. The van der Waals surface area contributed by atoms with Crippen molar-refractivity contribution in [2.45, 2.75) is 37.5 Å². The third-order valence-electron chi connectivity index (χ3n) is 13.9. The standard InChI is InChI=1S/C52H41NO/c1-2-9-35(10-3-1)36-17-22-41(23-18-36)53(42-24-19-37(20-25-42)38-21-26-50-45(32-38)43-11-5-7-16-49(43)54-50)48-15-8-14-47-51(48)44-12-4-6-13-46(44)52(47)39-28-33-27-34(30-39)31-40(52)29-33/h1-26,32-34,39-40H,27-31H2. The van der Waals surface area contributed by atoms with Gasteiger partial charge in [0, 0.05) is 33.1 Å². The second-order valence-corrected chi connectivity index (χ2v) is 16.5. The minimum Gasteiger partial charge on any atom is -0.456 e. The number of furan rings is 1. The van der Waals surface area contributed by atoms with E-state index in [1.807, 2.05) is 12.1 Å². The summed E-state index contributed by atoms with van der Waals surface area (Å²) in [6, 6.07) is 60.8. The van der Waals surface area contributed by atoms with Crippen LogP contribution in [-0.2, 0) is 5.41 Å². The first kappa shape index (κ1) is 30.6. The third kappa shape index (κ3) is 4.34. The van der Waals surface area contributed by atoms with Gasteiger partial charge in [-0.05, 0) is 143 Å². The molecule has 7 aromatic carbocycles. The molecule has 1 aromatic heterocycles. The molecule has 260 valence electrons. The molecule has 54 heavy (non-hydrogen) atoms. The van der Waals surface area contributed by atoms with E-state index >= 15 is 0 Å². The van der Waals surface area contributed by atoms with E-state index < -0.39 is 0 Å². The lowest BCUT2D eigenvalue weighted by atomic mass is 9.43. The highest BCUT2D eigenvalue weighted by Gasteiger charge is 2.61. The molecule has 5 aliphatic rings. The van der Waals surface area contributed by atoms with Gasteiger partial charge in [-0.15, -0.1) is 0 Å². The molecule has 1 heterocycles. The molecule has 1 spiro atoms. The molecular weight excluding hydrogens is 655 g/mol. The number of para-hydroxylation sites is 1. The van der Waals surface area contributed by atoms with Gasteiger partial charge in [0.2, 0.25) is 0 Å². The van der Waals surface area contributed by atoms with Crippen LogP contribution in [0.25, 0.3) is 55.3 Å². The van der Waals surface area contributed by atoms with Gasteiger partial charge in [0.1, 0.15) is 11.2 Å². The van der Waals surface area contributed by atoms with Crippen molar-refractivity contribution >= 4 is 39.0 Å². The number of anilines is 3. The summed E-state index contributed by atoms with van der Waals surface area (Å²) in [4.78, 5) is 2.52. The number of fused-ring (bicyclic) bond motifs is 6. The second-order valence-electron chi connectivity index (χ2n) is 16.5. The predicted molar refractivity (Wildman–Crippen MR) is 223 cm³/mol.